The molecule has 0 saturated heterocycles. The summed E-state index contributed by atoms with van der Waals surface area (Å²) in [5, 5.41) is 3.50. The van der Waals surface area contributed by atoms with Crippen molar-refractivity contribution in [3.05, 3.63) is 56.4 Å². The van der Waals surface area contributed by atoms with Crippen molar-refractivity contribution in [3.63, 3.8) is 0 Å². The minimum absolute atomic E-state index is 0.0830. The molecule has 2 aromatic heterocycles. The molecular weight excluding hydrogens is 432 g/mol. The van der Waals surface area contributed by atoms with Crippen molar-refractivity contribution < 1.29 is 19.1 Å². The van der Waals surface area contributed by atoms with Gasteiger partial charge in [0.05, 0.1) is 29.2 Å². The normalized spacial score (nSPS) is 12.5. The minimum Gasteiger partial charge on any atom is -0.456 e. The summed E-state index contributed by atoms with van der Waals surface area (Å²) in [5.74, 6) is -1.76. The molecule has 3 aromatic rings. The van der Waals surface area contributed by atoms with Gasteiger partial charge in [0.1, 0.15) is 5.00 Å². The number of benzene rings is 1. The largest absolute Gasteiger partial charge is 0.456 e. The van der Waals surface area contributed by atoms with E-state index in [0.29, 0.717) is 21.5 Å². The number of ether oxygens (including phenoxy) is 1. The van der Waals surface area contributed by atoms with Crippen LogP contribution >= 0.6 is 11.3 Å². The molecule has 10 heteroatoms. The Morgan fingerprint density at radius 2 is 2.09 bits per heavy atom. The molecule has 0 aliphatic heterocycles. The number of rotatable bonds is 7. The average molecular weight is 455 g/mol. The first kappa shape index (κ1) is 21.7. The van der Waals surface area contributed by atoms with Crippen LogP contribution in [0.15, 0.2) is 29.3 Å². The van der Waals surface area contributed by atoms with Crippen LogP contribution in [0, 0.1) is 6.92 Å². The molecule has 4 rings (SSSR count). The van der Waals surface area contributed by atoms with E-state index in [1.54, 1.807) is 12.1 Å². The number of fused-ring (bicyclic) bond motifs is 2. The van der Waals surface area contributed by atoms with Crippen molar-refractivity contribution in [2.45, 2.75) is 39.2 Å². The van der Waals surface area contributed by atoms with Crippen LogP contribution in [-0.2, 0) is 33.7 Å². The Labute approximate surface area is 187 Å². The highest BCUT2D eigenvalue weighted by molar-refractivity contribution is 7.17. The Kier molecular flexibility index (Phi) is 6.04. The lowest BCUT2D eigenvalue weighted by Crippen LogP contribution is -2.25. The summed E-state index contributed by atoms with van der Waals surface area (Å²) in [6, 6.07) is 5.35. The maximum absolute atomic E-state index is 12.6. The van der Waals surface area contributed by atoms with Crippen LogP contribution in [0.5, 0.6) is 0 Å². The van der Waals surface area contributed by atoms with Crippen molar-refractivity contribution in [2.24, 2.45) is 5.73 Å². The van der Waals surface area contributed by atoms with Gasteiger partial charge in [0.15, 0.2) is 6.61 Å². The van der Waals surface area contributed by atoms with E-state index in [1.165, 1.54) is 22.2 Å². The van der Waals surface area contributed by atoms with E-state index in [4.69, 9.17) is 10.5 Å². The predicted molar refractivity (Wildman–Crippen MR) is 120 cm³/mol. The molecule has 3 N–H and O–H groups in total. The van der Waals surface area contributed by atoms with Gasteiger partial charge in [-0.25, -0.2) is 4.98 Å². The van der Waals surface area contributed by atoms with Crippen LogP contribution in [0.1, 0.15) is 39.2 Å². The van der Waals surface area contributed by atoms with Gasteiger partial charge in [-0.15, -0.1) is 11.3 Å². The summed E-state index contributed by atoms with van der Waals surface area (Å²) in [6.45, 7) is 1.46. The first-order valence-corrected chi connectivity index (χ1v) is 11.0. The highest BCUT2D eigenvalue weighted by Gasteiger charge is 2.26. The number of anilines is 1. The summed E-state index contributed by atoms with van der Waals surface area (Å²) in [5.41, 5.74) is 8.01. The molecule has 2 heterocycles. The highest BCUT2D eigenvalue weighted by Crippen LogP contribution is 2.38. The Bertz CT molecular complexity index is 1290. The van der Waals surface area contributed by atoms with Crippen molar-refractivity contribution in [2.75, 3.05) is 11.9 Å². The van der Waals surface area contributed by atoms with E-state index < -0.39 is 24.4 Å². The molecule has 1 aliphatic carbocycles. The number of hydrogen-bond acceptors (Lipinski definition) is 7. The third-order valence-corrected chi connectivity index (χ3v) is 6.60. The second-order valence-corrected chi connectivity index (χ2v) is 8.70. The molecule has 166 valence electrons. The van der Waals surface area contributed by atoms with Gasteiger partial charge in [0.25, 0.3) is 17.4 Å². The molecule has 9 nitrogen and oxygen atoms in total. The van der Waals surface area contributed by atoms with Crippen LogP contribution in [-0.4, -0.2) is 33.9 Å². The van der Waals surface area contributed by atoms with E-state index in [1.807, 2.05) is 13.0 Å². The lowest BCUT2D eigenvalue weighted by atomic mass is 10.1. The fourth-order valence-electron chi connectivity index (χ4n) is 3.84. The monoisotopic (exact) mass is 454 g/mol. The number of thiophene rings is 1. The topological polar surface area (TPSA) is 133 Å². The maximum atomic E-state index is 12.6. The van der Waals surface area contributed by atoms with Crippen LogP contribution in [0.2, 0.25) is 0 Å². The zero-order chi connectivity index (χ0) is 22.8. The van der Waals surface area contributed by atoms with Gasteiger partial charge in [0.2, 0.25) is 0 Å². The Morgan fingerprint density at radius 1 is 1.28 bits per heavy atom. The minimum atomic E-state index is -0.625. The van der Waals surface area contributed by atoms with Crippen molar-refractivity contribution in [1.29, 1.82) is 0 Å². The maximum Gasteiger partial charge on any atom is 0.308 e. The predicted octanol–water partition coefficient (Wildman–Crippen LogP) is 1.93. The van der Waals surface area contributed by atoms with Crippen molar-refractivity contribution >= 4 is 45.0 Å². The van der Waals surface area contributed by atoms with Gasteiger partial charge in [0, 0.05) is 11.4 Å². The second kappa shape index (κ2) is 8.91. The zero-order valence-electron chi connectivity index (χ0n) is 17.5. The molecule has 0 unspecified atom stereocenters. The molecular formula is C22H22N4O5S. The zero-order valence-corrected chi connectivity index (χ0v) is 18.3. The van der Waals surface area contributed by atoms with Gasteiger partial charge >= 0.3 is 5.97 Å². The number of para-hydroxylation sites is 1. The smallest absolute Gasteiger partial charge is 0.308 e. The fraction of sp³-hybridized carbons (Fsp3) is 0.318. The van der Waals surface area contributed by atoms with E-state index in [2.05, 4.69) is 10.3 Å². The lowest BCUT2D eigenvalue weighted by Gasteiger charge is -2.09. The number of amides is 2. The van der Waals surface area contributed by atoms with Crippen LogP contribution in [0.4, 0.5) is 5.00 Å². The quantitative estimate of drug-likeness (QED) is 0.524. The molecule has 0 radical (unpaired) electrons. The van der Waals surface area contributed by atoms with Gasteiger partial charge in [-0.3, -0.25) is 23.7 Å². The summed E-state index contributed by atoms with van der Waals surface area (Å²) in [6.07, 6.45) is 3.89. The molecule has 0 atom stereocenters. The van der Waals surface area contributed by atoms with Crippen LogP contribution in [0.25, 0.3) is 10.9 Å². The van der Waals surface area contributed by atoms with E-state index >= 15 is 0 Å². The number of aryl methyl sites for hydroxylation is 3. The summed E-state index contributed by atoms with van der Waals surface area (Å²) >= 11 is 1.33. The molecule has 0 saturated carbocycles. The van der Waals surface area contributed by atoms with Crippen LogP contribution < -0.4 is 16.6 Å². The van der Waals surface area contributed by atoms with E-state index in [9.17, 15) is 19.2 Å². The van der Waals surface area contributed by atoms with E-state index in [-0.39, 0.29) is 18.5 Å². The lowest BCUT2D eigenvalue weighted by molar-refractivity contribution is -0.147. The molecule has 1 aliphatic rings. The van der Waals surface area contributed by atoms with E-state index in [0.717, 1.165) is 35.3 Å². The highest BCUT2D eigenvalue weighted by atomic mass is 32.1. The number of nitrogens with zero attached hydrogens (tertiary/aromatic N) is 2. The molecule has 0 spiro atoms. The SMILES string of the molecule is Cc1cccc2c(=O)n(CCC(=O)OCC(=O)Nc3sc4c(c3C(N)=O)CCC4)cnc12. The number of aromatic nitrogens is 2. The second-order valence-electron chi connectivity index (χ2n) is 7.60. The first-order chi connectivity index (χ1) is 15.3. The first-order valence-electron chi connectivity index (χ1n) is 10.2. The third kappa shape index (κ3) is 4.26. The Morgan fingerprint density at radius 3 is 2.88 bits per heavy atom. The summed E-state index contributed by atoms with van der Waals surface area (Å²) < 4.78 is 6.37. The fourth-order valence-corrected chi connectivity index (χ4v) is 5.15. The number of carbonyl (C=O) groups is 3. The summed E-state index contributed by atoms with van der Waals surface area (Å²) in [4.78, 5) is 54.0. The molecule has 2 amide bonds. The average Bonchev–Trinajstić information content (AvgIpc) is 3.33. The van der Waals surface area contributed by atoms with Gasteiger partial charge in [-0.2, -0.15) is 0 Å². The van der Waals surface area contributed by atoms with Crippen molar-refractivity contribution in [3.8, 4) is 0 Å². The summed E-state index contributed by atoms with van der Waals surface area (Å²) in [7, 11) is 0. The van der Waals surface area contributed by atoms with Gasteiger partial charge in [-0.1, -0.05) is 12.1 Å². The standard InChI is InChI=1S/C22H22N4O5S/c1-12-4-2-6-14-19(12)24-11-26(22(14)30)9-8-17(28)31-10-16(27)25-21-18(20(23)29)13-5-3-7-15(13)32-21/h2,4,6,11H,3,5,7-10H2,1H3,(H2,23,29)(H,25,27). The Hall–Kier alpha value is -3.53. The van der Waals surface area contributed by atoms with Crippen molar-refractivity contribution in [1.82, 2.24) is 9.55 Å². The molecule has 0 bridgehead atoms. The van der Waals surface area contributed by atoms with Crippen LogP contribution in [0.3, 0.4) is 0 Å². The molecule has 1 aromatic carbocycles. The van der Waals surface area contributed by atoms with Gasteiger partial charge < -0.3 is 15.8 Å². The molecule has 32 heavy (non-hydrogen) atoms. The number of carbonyl (C=O) groups excluding carboxylic acids is 3. The third-order valence-electron chi connectivity index (χ3n) is 5.40. The van der Waals surface area contributed by atoms with Gasteiger partial charge in [-0.05, 0) is 43.4 Å². The number of esters is 1. The number of nitrogens with two attached hydrogens (primary N) is 1. The Balaban J connectivity index is 1.33. The number of nitrogens with one attached hydrogen (secondary N) is 1. The number of primary amides is 1. The number of hydrogen-bond donors (Lipinski definition) is 2. The molecule has 0 fully saturated rings.